The summed E-state index contributed by atoms with van der Waals surface area (Å²) in [6.07, 6.45) is 36.1. The fourth-order valence-corrected chi connectivity index (χ4v) is 12.1. The van der Waals surface area contributed by atoms with Gasteiger partial charge in [-0.05, 0) is 0 Å². The summed E-state index contributed by atoms with van der Waals surface area (Å²) in [5, 5.41) is 18.8. The third kappa shape index (κ3) is 24.4. The van der Waals surface area contributed by atoms with Crippen molar-refractivity contribution < 1.29 is 10.2 Å². The Morgan fingerprint density at radius 3 is 1.00 bits per heavy atom. The molecule has 3 heteroatoms. The van der Waals surface area contributed by atoms with E-state index in [1.165, 1.54) is 153 Å². The molecule has 0 amide bonds. The van der Waals surface area contributed by atoms with E-state index in [9.17, 15) is 10.2 Å². The first kappa shape index (κ1) is 35.4. The summed E-state index contributed by atoms with van der Waals surface area (Å²) in [4.78, 5) is 0. The number of aliphatic hydroxyl groups excluding tert-OH is 2. The molecule has 0 unspecified atom stereocenters. The topological polar surface area (TPSA) is 40.5 Å². The fourth-order valence-electron chi connectivity index (χ4n) is 6.21. The van der Waals surface area contributed by atoms with Gasteiger partial charge < -0.3 is 0 Å². The van der Waals surface area contributed by atoms with Crippen molar-refractivity contribution >= 4 is 7.26 Å². The van der Waals surface area contributed by atoms with Crippen molar-refractivity contribution in [3.8, 4) is 0 Å². The molecule has 0 rings (SSSR count). The van der Waals surface area contributed by atoms with Crippen LogP contribution in [0.15, 0.2) is 0 Å². The summed E-state index contributed by atoms with van der Waals surface area (Å²) in [7, 11) is -1.33. The maximum absolute atomic E-state index is 9.40. The van der Waals surface area contributed by atoms with Crippen LogP contribution in [0.3, 0.4) is 0 Å². The predicted molar refractivity (Wildman–Crippen MR) is 164 cm³/mol. The third-order valence-corrected chi connectivity index (χ3v) is 14.1. The van der Waals surface area contributed by atoms with Gasteiger partial charge in [-0.3, -0.25) is 0 Å². The average molecular weight is 517 g/mol. The molecule has 2 nitrogen and oxygen atoms in total. The van der Waals surface area contributed by atoms with Crippen molar-refractivity contribution in [1.82, 2.24) is 0 Å². The molecule has 0 aliphatic heterocycles. The van der Waals surface area contributed by atoms with Gasteiger partial charge in [-0.2, -0.15) is 0 Å². The SMILES string of the molecule is CCCCCCCCCCCCCCCCCCCCCC[PH](CCCO)(CCCO)CC(C)C. The second-order valence-electron chi connectivity index (χ2n) is 12.2. The van der Waals surface area contributed by atoms with E-state index >= 15 is 0 Å². The van der Waals surface area contributed by atoms with E-state index in [2.05, 4.69) is 20.8 Å². The summed E-state index contributed by atoms with van der Waals surface area (Å²) >= 11 is 0. The van der Waals surface area contributed by atoms with E-state index in [0.717, 1.165) is 18.8 Å². The Hall–Kier alpha value is 0.350. The van der Waals surface area contributed by atoms with Crippen LogP contribution in [0.2, 0.25) is 0 Å². The maximum atomic E-state index is 9.40. The molecular weight excluding hydrogens is 447 g/mol. The molecule has 214 valence electrons. The van der Waals surface area contributed by atoms with E-state index in [0.29, 0.717) is 13.2 Å². The summed E-state index contributed by atoms with van der Waals surface area (Å²) < 4.78 is 0. The number of unbranched alkanes of at least 4 members (excludes halogenated alkanes) is 19. The summed E-state index contributed by atoms with van der Waals surface area (Å²) in [5.41, 5.74) is 0. The van der Waals surface area contributed by atoms with Crippen molar-refractivity contribution in [2.75, 3.05) is 37.9 Å². The molecular formula is C32H69O2P. The van der Waals surface area contributed by atoms with Gasteiger partial charge >= 0.3 is 159 Å². The average Bonchev–Trinajstić information content (AvgIpc) is 2.84. The Morgan fingerprint density at radius 2 is 0.714 bits per heavy atom. The van der Waals surface area contributed by atoms with Gasteiger partial charge in [-0.25, -0.2) is 0 Å². The van der Waals surface area contributed by atoms with Crippen LogP contribution in [0.5, 0.6) is 0 Å². The van der Waals surface area contributed by atoms with E-state index in [1.54, 1.807) is 0 Å². The van der Waals surface area contributed by atoms with Crippen LogP contribution < -0.4 is 0 Å². The zero-order valence-corrected chi connectivity index (χ0v) is 25.8. The quantitative estimate of drug-likeness (QED) is 0.0767. The minimum atomic E-state index is -1.33. The Balaban J connectivity index is 3.59. The zero-order chi connectivity index (χ0) is 25.9. The first-order valence-corrected chi connectivity index (χ1v) is 19.1. The van der Waals surface area contributed by atoms with E-state index in [-0.39, 0.29) is 0 Å². The third-order valence-electron chi connectivity index (χ3n) is 8.13. The van der Waals surface area contributed by atoms with Crippen LogP contribution in [0.4, 0.5) is 0 Å². The molecule has 0 aliphatic carbocycles. The molecule has 2 N–H and O–H groups in total. The Labute approximate surface area is 223 Å². The molecule has 0 aliphatic rings. The standard InChI is InChI=1S/C32H69O2P/c1-4-5-6-7-8-9-10-11-12-13-14-15-16-17-18-19-20-21-22-23-28-35(29-24-26-33,30-25-27-34)31-32(2)3/h32-35H,4-31H2,1-3H3. The van der Waals surface area contributed by atoms with Gasteiger partial charge in [-0.1, -0.05) is 64.7 Å². The molecule has 0 atom stereocenters. The molecule has 0 saturated carbocycles. The van der Waals surface area contributed by atoms with E-state index in [1.807, 2.05) is 0 Å². The van der Waals surface area contributed by atoms with Crippen molar-refractivity contribution in [2.45, 2.75) is 162 Å². The number of rotatable bonds is 29. The molecule has 0 spiro atoms. The van der Waals surface area contributed by atoms with Crippen LogP contribution in [0.25, 0.3) is 0 Å². The Bertz CT molecular complexity index is 391. The van der Waals surface area contributed by atoms with Gasteiger partial charge in [0, 0.05) is 0 Å². The van der Waals surface area contributed by atoms with Crippen molar-refractivity contribution in [1.29, 1.82) is 0 Å². The van der Waals surface area contributed by atoms with Crippen LogP contribution in [-0.2, 0) is 0 Å². The summed E-state index contributed by atoms with van der Waals surface area (Å²) in [5.74, 6) is 0.754. The molecule has 0 radical (unpaired) electrons. The van der Waals surface area contributed by atoms with E-state index in [4.69, 9.17) is 0 Å². The number of hydrogen-bond donors (Lipinski definition) is 2. The van der Waals surface area contributed by atoms with Crippen LogP contribution in [0.1, 0.15) is 162 Å². The normalized spacial score (nSPS) is 12.6. The monoisotopic (exact) mass is 517 g/mol. The minimum absolute atomic E-state index is 0.339. The second-order valence-corrected chi connectivity index (χ2v) is 17.1. The van der Waals surface area contributed by atoms with Gasteiger partial charge in [-0.15, -0.1) is 0 Å². The van der Waals surface area contributed by atoms with Crippen LogP contribution >= 0.6 is 7.26 Å². The Kier molecular flexibility index (Phi) is 27.7. The molecule has 0 aromatic heterocycles. The van der Waals surface area contributed by atoms with Gasteiger partial charge in [0.25, 0.3) is 0 Å². The Morgan fingerprint density at radius 1 is 0.429 bits per heavy atom. The van der Waals surface area contributed by atoms with Gasteiger partial charge in [0.05, 0.1) is 0 Å². The number of aliphatic hydroxyl groups is 2. The summed E-state index contributed by atoms with van der Waals surface area (Å²) in [6, 6.07) is 0. The molecule has 35 heavy (non-hydrogen) atoms. The van der Waals surface area contributed by atoms with Crippen molar-refractivity contribution in [3.05, 3.63) is 0 Å². The summed E-state index contributed by atoms with van der Waals surface area (Å²) in [6.45, 7) is 7.69. The molecule has 0 saturated heterocycles. The van der Waals surface area contributed by atoms with Gasteiger partial charge in [0.15, 0.2) is 0 Å². The first-order chi connectivity index (χ1) is 17.1. The fraction of sp³-hybridized carbons (Fsp3) is 1.00. The van der Waals surface area contributed by atoms with E-state index < -0.39 is 7.26 Å². The van der Waals surface area contributed by atoms with Gasteiger partial charge in [0.1, 0.15) is 0 Å². The molecule has 0 aromatic rings. The molecule has 0 fully saturated rings. The van der Waals surface area contributed by atoms with Crippen LogP contribution in [-0.4, -0.2) is 48.1 Å². The molecule has 0 heterocycles. The zero-order valence-electron chi connectivity index (χ0n) is 24.8. The van der Waals surface area contributed by atoms with Crippen molar-refractivity contribution in [3.63, 3.8) is 0 Å². The second kappa shape index (κ2) is 27.4. The number of hydrogen-bond acceptors (Lipinski definition) is 2. The molecule has 0 bridgehead atoms. The van der Waals surface area contributed by atoms with Gasteiger partial charge in [0.2, 0.25) is 0 Å². The van der Waals surface area contributed by atoms with Crippen LogP contribution in [0, 0.1) is 5.92 Å². The molecule has 0 aromatic carbocycles. The predicted octanol–water partition coefficient (Wildman–Crippen LogP) is 9.98. The first-order valence-electron chi connectivity index (χ1n) is 16.3. The van der Waals surface area contributed by atoms with Crippen molar-refractivity contribution in [2.24, 2.45) is 5.92 Å².